The summed E-state index contributed by atoms with van der Waals surface area (Å²) in [5, 5.41) is 0. The molecule has 0 atom stereocenters. The summed E-state index contributed by atoms with van der Waals surface area (Å²) in [6, 6.07) is 6.88. The molecule has 1 aliphatic heterocycles. The van der Waals surface area contributed by atoms with Gasteiger partial charge < -0.3 is 0 Å². The fourth-order valence-corrected chi connectivity index (χ4v) is 4.56. The number of sulfonamides is 1. The minimum atomic E-state index is -3.36. The van der Waals surface area contributed by atoms with Gasteiger partial charge in [0.1, 0.15) is 0 Å². The zero-order valence-corrected chi connectivity index (χ0v) is 13.7. The summed E-state index contributed by atoms with van der Waals surface area (Å²) >= 11 is 5.74. The van der Waals surface area contributed by atoms with Crippen LogP contribution in [0.5, 0.6) is 0 Å². The molecule has 2 rings (SSSR count). The summed E-state index contributed by atoms with van der Waals surface area (Å²) in [6.07, 6.45) is 3.01. The van der Waals surface area contributed by atoms with Crippen molar-refractivity contribution in [3.63, 3.8) is 0 Å². The third kappa shape index (κ3) is 2.87. The van der Waals surface area contributed by atoms with Gasteiger partial charge >= 0.3 is 0 Å². The van der Waals surface area contributed by atoms with Gasteiger partial charge in [-0.2, -0.15) is 4.31 Å². The minimum Gasteiger partial charge on any atom is -0.207 e. The van der Waals surface area contributed by atoms with Gasteiger partial charge in [-0.3, -0.25) is 0 Å². The largest absolute Gasteiger partial charge is 0.243 e. The maximum Gasteiger partial charge on any atom is 0.243 e. The Morgan fingerprint density at radius 1 is 1.20 bits per heavy atom. The van der Waals surface area contributed by atoms with Crippen molar-refractivity contribution in [2.24, 2.45) is 5.41 Å². The molecule has 0 unspecified atom stereocenters. The standard InChI is InChI=1S/C15H22ClNO2S/c1-3-15(4-2)9-10-17(12-15)20(18,19)14-7-5-13(11-16)6-8-14/h5-8H,3-4,9-12H2,1-2H3. The van der Waals surface area contributed by atoms with Crippen LogP contribution in [0.3, 0.4) is 0 Å². The molecule has 20 heavy (non-hydrogen) atoms. The van der Waals surface area contributed by atoms with Gasteiger partial charge in [-0.05, 0) is 42.4 Å². The average molecular weight is 316 g/mol. The second kappa shape index (κ2) is 6.04. The number of alkyl halides is 1. The molecule has 0 aromatic heterocycles. The Balaban J connectivity index is 2.23. The summed E-state index contributed by atoms with van der Waals surface area (Å²) < 4.78 is 26.9. The Morgan fingerprint density at radius 2 is 1.80 bits per heavy atom. The number of hydrogen-bond donors (Lipinski definition) is 0. The van der Waals surface area contributed by atoms with E-state index in [0.29, 0.717) is 23.9 Å². The Morgan fingerprint density at radius 3 is 2.25 bits per heavy atom. The highest BCUT2D eigenvalue weighted by atomic mass is 35.5. The third-order valence-electron chi connectivity index (χ3n) is 4.62. The number of hydrogen-bond acceptors (Lipinski definition) is 2. The normalized spacial score (nSPS) is 19.4. The molecule has 1 heterocycles. The van der Waals surface area contributed by atoms with Crippen LogP contribution in [0.25, 0.3) is 0 Å². The van der Waals surface area contributed by atoms with Crippen LogP contribution >= 0.6 is 11.6 Å². The van der Waals surface area contributed by atoms with Gasteiger partial charge in [-0.15, -0.1) is 11.6 Å². The maximum atomic E-state index is 12.6. The Hall–Kier alpha value is -0.580. The minimum absolute atomic E-state index is 0.156. The predicted octanol–water partition coefficient (Wildman–Crippen LogP) is 3.63. The van der Waals surface area contributed by atoms with E-state index in [9.17, 15) is 8.42 Å². The SMILES string of the molecule is CCC1(CC)CCN(S(=O)(=O)c2ccc(CCl)cc2)C1. The van der Waals surface area contributed by atoms with Crippen molar-refractivity contribution < 1.29 is 8.42 Å². The monoisotopic (exact) mass is 315 g/mol. The Kier molecular flexibility index (Phi) is 4.77. The molecule has 0 amide bonds. The molecule has 1 aliphatic rings. The Labute approximate surface area is 127 Å². The Bertz CT molecular complexity index is 550. The zero-order valence-electron chi connectivity index (χ0n) is 12.1. The first-order chi connectivity index (χ1) is 9.47. The second-order valence-corrected chi connectivity index (χ2v) is 7.78. The molecule has 3 nitrogen and oxygen atoms in total. The van der Waals surface area contributed by atoms with Crippen molar-refractivity contribution in [2.45, 2.75) is 43.9 Å². The lowest BCUT2D eigenvalue weighted by atomic mass is 9.82. The van der Waals surface area contributed by atoms with Gasteiger partial charge in [-0.25, -0.2) is 8.42 Å². The first kappa shape index (κ1) is 15.8. The maximum absolute atomic E-state index is 12.6. The second-order valence-electron chi connectivity index (χ2n) is 5.57. The van der Waals surface area contributed by atoms with E-state index in [1.165, 1.54) is 0 Å². The topological polar surface area (TPSA) is 37.4 Å². The van der Waals surface area contributed by atoms with Crippen molar-refractivity contribution in [1.82, 2.24) is 4.31 Å². The van der Waals surface area contributed by atoms with Gasteiger partial charge in [-0.1, -0.05) is 26.0 Å². The van der Waals surface area contributed by atoms with Crippen LogP contribution in [0.1, 0.15) is 38.7 Å². The molecule has 0 N–H and O–H groups in total. The summed E-state index contributed by atoms with van der Waals surface area (Å²) in [5.41, 5.74) is 1.09. The van der Waals surface area contributed by atoms with Crippen molar-refractivity contribution in [3.05, 3.63) is 29.8 Å². The van der Waals surface area contributed by atoms with E-state index in [0.717, 1.165) is 24.8 Å². The van der Waals surface area contributed by atoms with E-state index in [1.54, 1.807) is 28.6 Å². The summed E-state index contributed by atoms with van der Waals surface area (Å²) in [4.78, 5) is 0.370. The molecule has 0 spiro atoms. The highest BCUT2D eigenvalue weighted by Gasteiger charge is 2.40. The first-order valence-electron chi connectivity index (χ1n) is 7.12. The molecule has 0 radical (unpaired) electrons. The highest BCUT2D eigenvalue weighted by molar-refractivity contribution is 7.89. The van der Waals surface area contributed by atoms with Crippen LogP contribution in [0.15, 0.2) is 29.2 Å². The van der Waals surface area contributed by atoms with Crippen LogP contribution in [0.2, 0.25) is 0 Å². The number of benzene rings is 1. The van der Waals surface area contributed by atoms with E-state index in [1.807, 2.05) is 0 Å². The highest BCUT2D eigenvalue weighted by Crippen LogP contribution is 2.39. The molecule has 0 bridgehead atoms. The van der Waals surface area contributed by atoms with E-state index < -0.39 is 10.0 Å². The molecule has 1 aromatic carbocycles. The molecule has 1 saturated heterocycles. The molecule has 1 aromatic rings. The van der Waals surface area contributed by atoms with Gasteiger partial charge in [0.15, 0.2) is 0 Å². The van der Waals surface area contributed by atoms with Crippen molar-refractivity contribution >= 4 is 21.6 Å². The number of nitrogens with zero attached hydrogens (tertiary/aromatic N) is 1. The van der Waals surface area contributed by atoms with Crippen molar-refractivity contribution in [3.8, 4) is 0 Å². The molecule has 112 valence electrons. The van der Waals surface area contributed by atoms with E-state index in [4.69, 9.17) is 11.6 Å². The first-order valence-corrected chi connectivity index (χ1v) is 9.10. The fourth-order valence-electron chi connectivity index (χ4n) is 2.83. The lowest BCUT2D eigenvalue weighted by Crippen LogP contribution is -2.31. The van der Waals surface area contributed by atoms with Crippen LogP contribution < -0.4 is 0 Å². The summed E-state index contributed by atoms with van der Waals surface area (Å²) in [7, 11) is -3.36. The molecule has 1 fully saturated rings. The van der Waals surface area contributed by atoms with Crippen LogP contribution in [0, 0.1) is 5.41 Å². The van der Waals surface area contributed by atoms with E-state index in [-0.39, 0.29) is 5.41 Å². The van der Waals surface area contributed by atoms with Gasteiger partial charge in [0, 0.05) is 19.0 Å². The molecule has 0 saturated carbocycles. The smallest absolute Gasteiger partial charge is 0.207 e. The van der Waals surface area contributed by atoms with Crippen LogP contribution in [-0.4, -0.2) is 25.8 Å². The average Bonchev–Trinajstić information content (AvgIpc) is 2.93. The van der Waals surface area contributed by atoms with Crippen LogP contribution in [-0.2, 0) is 15.9 Å². The summed E-state index contributed by atoms with van der Waals surface area (Å²) in [6.45, 7) is 5.56. The molecule has 5 heteroatoms. The summed E-state index contributed by atoms with van der Waals surface area (Å²) in [5.74, 6) is 0.402. The van der Waals surface area contributed by atoms with E-state index >= 15 is 0 Å². The van der Waals surface area contributed by atoms with Gasteiger partial charge in [0.25, 0.3) is 0 Å². The quantitative estimate of drug-likeness (QED) is 0.778. The molecule has 0 aliphatic carbocycles. The van der Waals surface area contributed by atoms with Crippen molar-refractivity contribution in [2.75, 3.05) is 13.1 Å². The third-order valence-corrected chi connectivity index (χ3v) is 6.79. The lowest BCUT2D eigenvalue weighted by Gasteiger charge is -2.26. The number of halogens is 1. The van der Waals surface area contributed by atoms with Crippen molar-refractivity contribution in [1.29, 1.82) is 0 Å². The number of rotatable bonds is 5. The van der Waals surface area contributed by atoms with Gasteiger partial charge in [0.05, 0.1) is 4.90 Å². The lowest BCUT2D eigenvalue weighted by molar-refractivity contribution is 0.279. The predicted molar refractivity (Wildman–Crippen MR) is 82.4 cm³/mol. The zero-order chi connectivity index (χ0) is 14.8. The van der Waals surface area contributed by atoms with Crippen LogP contribution in [0.4, 0.5) is 0 Å². The van der Waals surface area contributed by atoms with Gasteiger partial charge in [0.2, 0.25) is 10.0 Å². The molecular weight excluding hydrogens is 294 g/mol. The fraction of sp³-hybridized carbons (Fsp3) is 0.600. The van der Waals surface area contributed by atoms with E-state index in [2.05, 4.69) is 13.8 Å². The molecular formula is C15H22ClNO2S.